The maximum Gasteiger partial charge on any atom is 0.241 e. The fourth-order valence-electron chi connectivity index (χ4n) is 0.858. The normalized spacial score (nSPS) is 9.64. The summed E-state index contributed by atoms with van der Waals surface area (Å²) in [5.41, 5.74) is 0.710. The van der Waals surface area contributed by atoms with Crippen LogP contribution in [0.1, 0.15) is 5.69 Å². The maximum absolute atomic E-state index is 10.9. The van der Waals surface area contributed by atoms with Crippen molar-refractivity contribution in [3.8, 4) is 5.88 Å². The van der Waals surface area contributed by atoms with E-state index >= 15 is 0 Å². The lowest BCUT2D eigenvalue weighted by molar-refractivity contribution is -0.114. The highest BCUT2D eigenvalue weighted by Gasteiger charge is 2.05. The Balaban J connectivity index is 2.86. The molecule has 0 aliphatic rings. The number of anilines is 1. The van der Waals surface area contributed by atoms with Crippen LogP contribution in [0.5, 0.6) is 5.88 Å². The van der Waals surface area contributed by atoms with Crippen LogP contribution < -0.4 is 10.1 Å². The number of carbonyl (C=O) groups is 1. The topological polar surface area (TPSA) is 64.1 Å². The fraction of sp³-hybridized carbons (Fsp3) is 0.375. The van der Waals surface area contributed by atoms with Gasteiger partial charge in [0, 0.05) is 11.8 Å². The van der Waals surface area contributed by atoms with E-state index in [1.54, 1.807) is 13.0 Å². The van der Waals surface area contributed by atoms with Crippen molar-refractivity contribution in [3.05, 3.63) is 11.8 Å². The molecule has 1 aromatic heterocycles. The Bertz CT molecular complexity index is 343. The van der Waals surface area contributed by atoms with Gasteiger partial charge in [-0.25, -0.2) is 4.98 Å². The second-order valence-corrected chi connectivity index (χ2v) is 2.82. The minimum atomic E-state index is -0.348. The van der Waals surface area contributed by atoms with Crippen molar-refractivity contribution in [1.82, 2.24) is 9.97 Å². The van der Waals surface area contributed by atoms with Gasteiger partial charge in [-0.15, -0.1) is 11.6 Å². The van der Waals surface area contributed by atoms with Crippen molar-refractivity contribution in [1.29, 1.82) is 0 Å². The van der Waals surface area contributed by atoms with E-state index in [-0.39, 0.29) is 17.7 Å². The molecule has 14 heavy (non-hydrogen) atoms. The van der Waals surface area contributed by atoms with Crippen molar-refractivity contribution in [2.45, 2.75) is 6.92 Å². The molecule has 0 saturated carbocycles. The second kappa shape index (κ2) is 4.76. The van der Waals surface area contributed by atoms with E-state index in [9.17, 15) is 4.79 Å². The molecule has 0 atom stereocenters. The van der Waals surface area contributed by atoms with E-state index in [0.29, 0.717) is 11.6 Å². The molecule has 0 radical (unpaired) electrons. The van der Waals surface area contributed by atoms with Gasteiger partial charge in [-0.1, -0.05) is 0 Å². The fourth-order valence-corrected chi connectivity index (χ4v) is 0.925. The monoisotopic (exact) mass is 215 g/mol. The van der Waals surface area contributed by atoms with Gasteiger partial charge in [0.2, 0.25) is 17.7 Å². The quantitative estimate of drug-likeness (QED) is 0.764. The van der Waals surface area contributed by atoms with Crippen molar-refractivity contribution in [2.24, 2.45) is 0 Å². The van der Waals surface area contributed by atoms with E-state index in [1.807, 2.05) is 0 Å². The highest BCUT2D eigenvalue weighted by molar-refractivity contribution is 6.28. The third-order valence-corrected chi connectivity index (χ3v) is 1.66. The number of aromatic nitrogens is 2. The molecule has 0 aromatic carbocycles. The number of nitrogens with one attached hydrogen (secondary N) is 1. The van der Waals surface area contributed by atoms with Gasteiger partial charge in [-0.2, -0.15) is 4.98 Å². The van der Waals surface area contributed by atoms with Gasteiger partial charge in [-0.05, 0) is 6.92 Å². The number of alkyl halides is 1. The number of nitrogens with zero attached hydrogens (tertiary/aromatic N) is 2. The zero-order valence-electron chi connectivity index (χ0n) is 7.87. The number of hydrogen-bond donors (Lipinski definition) is 1. The highest BCUT2D eigenvalue weighted by atomic mass is 35.5. The number of amides is 1. The van der Waals surface area contributed by atoms with Crippen LogP contribution in [0, 0.1) is 6.92 Å². The second-order valence-electron chi connectivity index (χ2n) is 2.56. The van der Waals surface area contributed by atoms with Crippen LogP contribution >= 0.6 is 11.6 Å². The largest absolute Gasteiger partial charge is 0.481 e. The first kappa shape index (κ1) is 10.7. The summed E-state index contributed by atoms with van der Waals surface area (Å²) >= 11 is 5.32. The number of ether oxygens (including phenoxy) is 1. The molecule has 1 heterocycles. The number of halogens is 1. The van der Waals surface area contributed by atoms with Crippen molar-refractivity contribution in [3.63, 3.8) is 0 Å². The number of rotatable bonds is 3. The third kappa shape index (κ3) is 2.85. The van der Waals surface area contributed by atoms with Crippen LogP contribution in [-0.2, 0) is 4.79 Å². The molecule has 0 fully saturated rings. The highest BCUT2D eigenvalue weighted by Crippen LogP contribution is 2.10. The molecule has 0 aliphatic heterocycles. The summed E-state index contributed by atoms with van der Waals surface area (Å²) in [5, 5.41) is 2.43. The standard InChI is InChI=1S/C8H10ClN3O2/c1-5-3-7(14-2)12-8(10-5)11-6(13)4-9/h3H,4H2,1-2H3,(H,10,11,12,13). The first-order chi connectivity index (χ1) is 6.65. The molecule has 76 valence electrons. The van der Waals surface area contributed by atoms with Gasteiger partial charge in [0.15, 0.2) is 0 Å². The summed E-state index contributed by atoms with van der Waals surface area (Å²) in [6, 6.07) is 1.66. The maximum atomic E-state index is 10.9. The van der Waals surface area contributed by atoms with E-state index in [2.05, 4.69) is 15.3 Å². The molecule has 1 aromatic rings. The average molecular weight is 216 g/mol. The van der Waals surface area contributed by atoms with Crippen molar-refractivity contribution < 1.29 is 9.53 Å². The molecule has 0 saturated heterocycles. The summed E-state index contributed by atoms with van der Waals surface area (Å²) in [5.74, 6) is 0.133. The summed E-state index contributed by atoms with van der Waals surface area (Å²) < 4.78 is 4.92. The Hall–Kier alpha value is -1.36. The van der Waals surface area contributed by atoms with E-state index in [0.717, 1.165) is 0 Å². The van der Waals surface area contributed by atoms with Crippen LogP contribution in [0.3, 0.4) is 0 Å². The lowest BCUT2D eigenvalue weighted by Gasteiger charge is -2.04. The van der Waals surface area contributed by atoms with Crippen LogP contribution in [0.4, 0.5) is 5.95 Å². The van der Waals surface area contributed by atoms with E-state index in [4.69, 9.17) is 16.3 Å². The summed E-state index contributed by atoms with van der Waals surface area (Å²) in [7, 11) is 1.49. The molecule has 5 nitrogen and oxygen atoms in total. The Kier molecular flexibility index (Phi) is 3.64. The predicted octanol–water partition coefficient (Wildman–Crippen LogP) is 0.971. The minimum absolute atomic E-state index is 0.125. The SMILES string of the molecule is COc1cc(C)nc(NC(=O)CCl)n1. The van der Waals surface area contributed by atoms with Crippen LogP contribution in [0.2, 0.25) is 0 Å². The van der Waals surface area contributed by atoms with Crippen LogP contribution in [0.15, 0.2) is 6.07 Å². The summed E-state index contributed by atoms with van der Waals surface area (Å²) in [4.78, 5) is 18.8. The Morgan fingerprint density at radius 3 is 2.93 bits per heavy atom. The smallest absolute Gasteiger partial charge is 0.241 e. The van der Waals surface area contributed by atoms with E-state index < -0.39 is 0 Å². The first-order valence-corrected chi connectivity index (χ1v) is 4.44. The number of hydrogen-bond acceptors (Lipinski definition) is 4. The lowest BCUT2D eigenvalue weighted by atomic mass is 10.4. The molecule has 1 amide bonds. The number of aryl methyl sites for hydroxylation is 1. The van der Waals surface area contributed by atoms with Crippen LogP contribution in [0.25, 0.3) is 0 Å². The van der Waals surface area contributed by atoms with Gasteiger partial charge in [-0.3, -0.25) is 10.1 Å². The van der Waals surface area contributed by atoms with Gasteiger partial charge in [0.25, 0.3) is 0 Å². The molecule has 0 aliphatic carbocycles. The predicted molar refractivity (Wildman–Crippen MR) is 52.7 cm³/mol. The Morgan fingerprint density at radius 1 is 1.64 bits per heavy atom. The van der Waals surface area contributed by atoms with Crippen LogP contribution in [-0.4, -0.2) is 28.9 Å². The lowest BCUT2D eigenvalue weighted by Crippen LogP contribution is -2.15. The zero-order valence-corrected chi connectivity index (χ0v) is 8.63. The molecular weight excluding hydrogens is 206 g/mol. The molecular formula is C8H10ClN3O2. The van der Waals surface area contributed by atoms with Gasteiger partial charge < -0.3 is 4.74 Å². The molecule has 0 unspecified atom stereocenters. The average Bonchev–Trinajstić information content (AvgIpc) is 2.16. The van der Waals surface area contributed by atoms with Gasteiger partial charge in [0.1, 0.15) is 5.88 Å². The van der Waals surface area contributed by atoms with Crippen molar-refractivity contribution >= 4 is 23.5 Å². The molecule has 1 N–H and O–H groups in total. The molecule has 6 heteroatoms. The summed E-state index contributed by atoms with van der Waals surface area (Å²) in [6.07, 6.45) is 0. The molecule has 1 rings (SSSR count). The molecule has 0 bridgehead atoms. The third-order valence-electron chi connectivity index (χ3n) is 1.41. The van der Waals surface area contributed by atoms with Crippen molar-refractivity contribution in [2.75, 3.05) is 18.3 Å². The molecule has 0 spiro atoms. The van der Waals surface area contributed by atoms with Gasteiger partial charge in [0.05, 0.1) is 7.11 Å². The zero-order chi connectivity index (χ0) is 10.6. The van der Waals surface area contributed by atoms with E-state index in [1.165, 1.54) is 7.11 Å². The Morgan fingerprint density at radius 2 is 2.36 bits per heavy atom. The number of methoxy groups -OCH3 is 1. The minimum Gasteiger partial charge on any atom is -0.481 e. The first-order valence-electron chi connectivity index (χ1n) is 3.91. The van der Waals surface area contributed by atoms with Gasteiger partial charge >= 0.3 is 0 Å². The Labute approximate surface area is 86.5 Å². The number of carbonyl (C=O) groups excluding carboxylic acids is 1. The summed E-state index contributed by atoms with van der Waals surface area (Å²) in [6.45, 7) is 1.78.